The molecule has 0 fully saturated rings. The SMILES string of the molecule is COc1ccc(CCNC(=S)N2CCc3ccccc3C2)cc1. The average Bonchev–Trinajstić information content (AvgIpc) is 2.61. The van der Waals surface area contributed by atoms with Gasteiger partial charge in [-0.2, -0.15) is 0 Å². The number of rotatable bonds is 4. The van der Waals surface area contributed by atoms with Gasteiger partial charge in [0.2, 0.25) is 0 Å². The second kappa shape index (κ2) is 7.47. The van der Waals surface area contributed by atoms with Gasteiger partial charge in [0.05, 0.1) is 7.11 Å². The first-order valence-electron chi connectivity index (χ1n) is 7.99. The molecule has 2 aromatic rings. The van der Waals surface area contributed by atoms with Crippen LogP contribution in [0, 0.1) is 0 Å². The Hall–Kier alpha value is -2.07. The van der Waals surface area contributed by atoms with Gasteiger partial charge in [-0.1, -0.05) is 36.4 Å². The van der Waals surface area contributed by atoms with Gasteiger partial charge >= 0.3 is 0 Å². The van der Waals surface area contributed by atoms with Crippen LogP contribution in [0.25, 0.3) is 0 Å². The zero-order valence-electron chi connectivity index (χ0n) is 13.4. The van der Waals surface area contributed by atoms with Crippen molar-refractivity contribution in [2.75, 3.05) is 20.2 Å². The molecule has 0 radical (unpaired) electrons. The molecule has 0 atom stereocenters. The van der Waals surface area contributed by atoms with Crippen molar-refractivity contribution < 1.29 is 4.74 Å². The predicted molar refractivity (Wildman–Crippen MR) is 97.9 cm³/mol. The third-order valence-corrected chi connectivity index (χ3v) is 4.67. The van der Waals surface area contributed by atoms with Gasteiger partial charge in [-0.05, 0) is 53.9 Å². The lowest BCUT2D eigenvalue weighted by atomic mass is 10.0. The first-order chi connectivity index (χ1) is 11.3. The third-order valence-electron chi connectivity index (χ3n) is 4.27. The Labute approximate surface area is 143 Å². The lowest BCUT2D eigenvalue weighted by molar-refractivity contribution is 0.387. The highest BCUT2D eigenvalue weighted by Gasteiger charge is 2.17. The highest BCUT2D eigenvalue weighted by Crippen LogP contribution is 2.18. The maximum atomic E-state index is 5.55. The fourth-order valence-corrected chi connectivity index (χ4v) is 3.14. The second-order valence-corrected chi connectivity index (χ2v) is 6.16. The molecule has 3 nitrogen and oxygen atoms in total. The zero-order valence-corrected chi connectivity index (χ0v) is 14.2. The smallest absolute Gasteiger partial charge is 0.169 e. The van der Waals surface area contributed by atoms with Crippen LogP contribution in [0.5, 0.6) is 5.75 Å². The molecule has 1 N–H and O–H groups in total. The molecular formula is C19H22N2OS. The minimum Gasteiger partial charge on any atom is -0.497 e. The maximum Gasteiger partial charge on any atom is 0.169 e. The van der Waals surface area contributed by atoms with E-state index in [0.717, 1.165) is 43.3 Å². The second-order valence-electron chi connectivity index (χ2n) is 5.77. The summed E-state index contributed by atoms with van der Waals surface area (Å²) < 4.78 is 5.18. The van der Waals surface area contributed by atoms with E-state index < -0.39 is 0 Å². The Morgan fingerprint density at radius 2 is 1.87 bits per heavy atom. The molecule has 0 unspecified atom stereocenters. The fraction of sp³-hybridized carbons (Fsp3) is 0.316. The van der Waals surface area contributed by atoms with Crippen LogP contribution in [-0.4, -0.2) is 30.2 Å². The van der Waals surface area contributed by atoms with E-state index in [1.807, 2.05) is 12.1 Å². The molecule has 0 amide bonds. The normalized spacial score (nSPS) is 13.3. The molecule has 0 saturated carbocycles. The van der Waals surface area contributed by atoms with Crippen molar-refractivity contribution in [2.24, 2.45) is 0 Å². The largest absolute Gasteiger partial charge is 0.497 e. The van der Waals surface area contributed by atoms with E-state index in [1.54, 1.807) is 7.11 Å². The third kappa shape index (κ3) is 4.02. The Morgan fingerprint density at radius 1 is 1.13 bits per heavy atom. The van der Waals surface area contributed by atoms with E-state index in [-0.39, 0.29) is 0 Å². The monoisotopic (exact) mass is 326 g/mol. The van der Waals surface area contributed by atoms with E-state index in [2.05, 4.69) is 46.6 Å². The summed E-state index contributed by atoms with van der Waals surface area (Å²) in [6.07, 6.45) is 2.02. The quantitative estimate of drug-likeness (QED) is 0.872. The number of benzene rings is 2. The molecule has 0 bridgehead atoms. The lowest BCUT2D eigenvalue weighted by Gasteiger charge is -2.31. The number of ether oxygens (including phenoxy) is 1. The molecule has 0 spiro atoms. The maximum absolute atomic E-state index is 5.55. The highest BCUT2D eigenvalue weighted by molar-refractivity contribution is 7.80. The van der Waals surface area contributed by atoms with Crippen molar-refractivity contribution in [2.45, 2.75) is 19.4 Å². The molecule has 1 aliphatic heterocycles. The summed E-state index contributed by atoms with van der Waals surface area (Å²) in [5.41, 5.74) is 4.12. The summed E-state index contributed by atoms with van der Waals surface area (Å²) in [6, 6.07) is 16.8. The van der Waals surface area contributed by atoms with Crippen LogP contribution in [0.1, 0.15) is 16.7 Å². The van der Waals surface area contributed by atoms with Crippen molar-refractivity contribution in [3.63, 3.8) is 0 Å². The van der Waals surface area contributed by atoms with Crippen LogP contribution < -0.4 is 10.1 Å². The van der Waals surface area contributed by atoms with Crippen molar-refractivity contribution in [1.29, 1.82) is 0 Å². The van der Waals surface area contributed by atoms with Gasteiger partial charge in [-0.15, -0.1) is 0 Å². The Balaban J connectivity index is 1.48. The van der Waals surface area contributed by atoms with E-state index in [0.29, 0.717) is 0 Å². The molecule has 4 heteroatoms. The van der Waals surface area contributed by atoms with E-state index in [4.69, 9.17) is 17.0 Å². The minimum absolute atomic E-state index is 0.851. The molecule has 3 rings (SSSR count). The summed E-state index contributed by atoms with van der Waals surface area (Å²) in [4.78, 5) is 2.26. The van der Waals surface area contributed by atoms with Gasteiger partial charge in [0.15, 0.2) is 5.11 Å². The minimum atomic E-state index is 0.851. The van der Waals surface area contributed by atoms with Crippen LogP contribution >= 0.6 is 12.2 Å². The van der Waals surface area contributed by atoms with Crippen molar-refractivity contribution in [1.82, 2.24) is 10.2 Å². The fourth-order valence-electron chi connectivity index (χ4n) is 2.89. The molecule has 120 valence electrons. The summed E-state index contributed by atoms with van der Waals surface area (Å²) in [5, 5.41) is 4.24. The molecule has 0 saturated heterocycles. The standard InChI is InChI=1S/C19H22N2OS/c1-22-18-8-6-15(7-9-18)10-12-20-19(23)21-13-11-16-4-2-3-5-17(16)14-21/h2-9H,10-14H2,1H3,(H,20,23). The van der Waals surface area contributed by atoms with Crippen LogP contribution in [0.2, 0.25) is 0 Å². The first kappa shape index (κ1) is 15.8. The average molecular weight is 326 g/mol. The summed E-state index contributed by atoms with van der Waals surface area (Å²) >= 11 is 5.55. The topological polar surface area (TPSA) is 24.5 Å². The highest BCUT2D eigenvalue weighted by atomic mass is 32.1. The molecular weight excluding hydrogens is 304 g/mol. The van der Waals surface area contributed by atoms with Gasteiger partial charge in [0.1, 0.15) is 5.75 Å². The number of hydrogen-bond donors (Lipinski definition) is 1. The van der Waals surface area contributed by atoms with Gasteiger partial charge in [0, 0.05) is 19.6 Å². The van der Waals surface area contributed by atoms with Crippen molar-refractivity contribution in [3.05, 3.63) is 65.2 Å². The van der Waals surface area contributed by atoms with Crippen LogP contribution in [0.15, 0.2) is 48.5 Å². The van der Waals surface area contributed by atoms with Crippen LogP contribution in [-0.2, 0) is 19.4 Å². The number of methoxy groups -OCH3 is 1. The number of hydrogen-bond acceptors (Lipinski definition) is 2. The zero-order chi connectivity index (χ0) is 16.1. The number of thiocarbonyl (C=S) groups is 1. The van der Waals surface area contributed by atoms with Crippen molar-refractivity contribution >= 4 is 17.3 Å². The molecule has 0 aromatic heterocycles. The van der Waals surface area contributed by atoms with Crippen LogP contribution in [0.3, 0.4) is 0 Å². The molecule has 23 heavy (non-hydrogen) atoms. The molecule has 1 aliphatic rings. The van der Waals surface area contributed by atoms with Gasteiger partial charge in [0.25, 0.3) is 0 Å². The Bertz CT molecular complexity index is 669. The van der Waals surface area contributed by atoms with Crippen LogP contribution in [0.4, 0.5) is 0 Å². The Kier molecular flexibility index (Phi) is 5.13. The molecule has 0 aliphatic carbocycles. The van der Waals surface area contributed by atoms with Gasteiger partial charge in [-0.3, -0.25) is 0 Å². The summed E-state index contributed by atoms with van der Waals surface area (Å²) in [7, 11) is 1.69. The Morgan fingerprint density at radius 3 is 2.61 bits per heavy atom. The van der Waals surface area contributed by atoms with E-state index in [9.17, 15) is 0 Å². The first-order valence-corrected chi connectivity index (χ1v) is 8.39. The number of nitrogens with one attached hydrogen (secondary N) is 1. The number of fused-ring (bicyclic) bond motifs is 1. The lowest BCUT2D eigenvalue weighted by Crippen LogP contribution is -2.43. The molecule has 2 aromatic carbocycles. The van der Waals surface area contributed by atoms with Gasteiger partial charge < -0.3 is 15.0 Å². The summed E-state index contributed by atoms with van der Waals surface area (Å²) in [6.45, 7) is 2.75. The van der Waals surface area contributed by atoms with Gasteiger partial charge in [-0.25, -0.2) is 0 Å². The van der Waals surface area contributed by atoms with E-state index >= 15 is 0 Å². The van der Waals surface area contributed by atoms with Crippen molar-refractivity contribution in [3.8, 4) is 5.75 Å². The number of nitrogens with zero attached hydrogens (tertiary/aromatic N) is 1. The summed E-state index contributed by atoms with van der Waals surface area (Å²) in [5.74, 6) is 0.893. The predicted octanol–water partition coefficient (Wildman–Crippen LogP) is 3.17. The van der Waals surface area contributed by atoms with E-state index in [1.165, 1.54) is 16.7 Å². The molecule has 1 heterocycles.